The molecule has 0 radical (unpaired) electrons. The maximum absolute atomic E-state index is 12.1. The molecule has 0 N–H and O–H groups in total. The lowest BCUT2D eigenvalue weighted by atomic mass is 10.4. The molecule has 7 nitrogen and oxygen atoms in total. The molecule has 1 amide bonds. The van der Waals surface area contributed by atoms with Gasteiger partial charge in [-0.15, -0.1) is 11.3 Å². The molecule has 0 aliphatic rings. The summed E-state index contributed by atoms with van der Waals surface area (Å²) in [5, 5.41) is 2.27. The Labute approximate surface area is 124 Å². The third kappa shape index (κ3) is 3.46. The zero-order valence-corrected chi connectivity index (χ0v) is 12.6. The molecule has 0 unspecified atom stereocenters. The Hall–Kier alpha value is -2.22. The second-order valence-corrected chi connectivity index (χ2v) is 5.27. The van der Waals surface area contributed by atoms with Gasteiger partial charge in [-0.2, -0.15) is 0 Å². The maximum atomic E-state index is 12.1. The number of nitrogens with zero attached hydrogens (tertiary/aromatic N) is 3. The topological polar surface area (TPSA) is 81.5 Å². The first kappa shape index (κ1) is 15.2. The van der Waals surface area contributed by atoms with Gasteiger partial charge in [-0.05, 0) is 18.4 Å². The molecule has 0 aromatic carbocycles. The summed E-state index contributed by atoms with van der Waals surface area (Å²) in [5.41, 5.74) is -0.265. The number of aromatic nitrogens is 2. The Kier molecular flexibility index (Phi) is 4.69. The molecule has 0 spiro atoms. The molecule has 0 fully saturated rings. The van der Waals surface area contributed by atoms with E-state index in [9.17, 15) is 14.4 Å². The smallest absolute Gasteiger partial charge is 0.325 e. The van der Waals surface area contributed by atoms with Gasteiger partial charge in [0.25, 0.3) is 5.56 Å². The zero-order chi connectivity index (χ0) is 15.4. The first-order valence-corrected chi connectivity index (χ1v) is 7.23. The van der Waals surface area contributed by atoms with Gasteiger partial charge in [0.1, 0.15) is 17.9 Å². The van der Waals surface area contributed by atoms with E-state index in [0.717, 1.165) is 0 Å². The van der Waals surface area contributed by atoms with E-state index in [1.54, 1.807) is 18.4 Å². The van der Waals surface area contributed by atoms with Gasteiger partial charge in [0, 0.05) is 7.05 Å². The Bertz CT molecular complexity index is 722. The largest absolute Gasteiger partial charge is 0.465 e. The first-order chi connectivity index (χ1) is 10.0. The molecule has 2 aromatic rings. The van der Waals surface area contributed by atoms with Crippen molar-refractivity contribution in [3.05, 3.63) is 28.1 Å². The number of carbonyl (C=O) groups is 2. The number of likely N-dealkylation sites (N-methyl/N-ethyl adjacent to an activating group) is 1. The zero-order valence-electron chi connectivity index (χ0n) is 11.7. The first-order valence-electron chi connectivity index (χ1n) is 6.35. The summed E-state index contributed by atoms with van der Waals surface area (Å²) in [6.07, 6.45) is 1.34. The minimum Gasteiger partial charge on any atom is -0.465 e. The normalized spacial score (nSPS) is 10.6. The quantitative estimate of drug-likeness (QED) is 0.750. The van der Waals surface area contributed by atoms with Gasteiger partial charge >= 0.3 is 5.97 Å². The molecule has 2 rings (SSSR count). The lowest BCUT2D eigenvalue weighted by Crippen LogP contribution is -2.37. The molecule has 0 bridgehead atoms. The molecule has 0 aliphatic carbocycles. The summed E-state index contributed by atoms with van der Waals surface area (Å²) in [4.78, 5) is 41.5. The highest BCUT2D eigenvalue weighted by atomic mass is 32.1. The van der Waals surface area contributed by atoms with Gasteiger partial charge in [-0.1, -0.05) is 0 Å². The Morgan fingerprint density at radius 2 is 2.24 bits per heavy atom. The summed E-state index contributed by atoms with van der Waals surface area (Å²) in [6.45, 7) is 1.66. The van der Waals surface area contributed by atoms with Crippen LogP contribution in [0.2, 0.25) is 0 Å². The van der Waals surface area contributed by atoms with E-state index in [-0.39, 0.29) is 31.2 Å². The standard InChI is InChI=1S/C13H15N3O4S/c1-3-20-11(18)7-15(2)10(17)6-16-8-14-12-9(13(16)19)4-5-21-12/h4-5,8H,3,6-7H2,1-2H3. The average molecular weight is 309 g/mol. The molecule has 0 aliphatic heterocycles. The fourth-order valence-electron chi connectivity index (χ4n) is 1.76. The molecule has 21 heavy (non-hydrogen) atoms. The number of esters is 1. The maximum Gasteiger partial charge on any atom is 0.325 e. The number of fused-ring (bicyclic) bond motifs is 1. The van der Waals surface area contributed by atoms with Crippen molar-refractivity contribution >= 4 is 33.4 Å². The average Bonchev–Trinajstić information content (AvgIpc) is 2.91. The summed E-state index contributed by atoms with van der Waals surface area (Å²) in [6, 6.07) is 1.68. The fraction of sp³-hybridized carbons (Fsp3) is 0.385. The van der Waals surface area contributed by atoms with Crippen LogP contribution in [0.1, 0.15) is 6.92 Å². The SMILES string of the molecule is CCOC(=O)CN(C)C(=O)Cn1cnc2sccc2c1=O. The van der Waals surface area contributed by atoms with Crippen molar-refractivity contribution in [3.8, 4) is 0 Å². The molecule has 2 heterocycles. The van der Waals surface area contributed by atoms with E-state index in [4.69, 9.17) is 4.74 Å². The van der Waals surface area contributed by atoms with E-state index in [1.165, 1.54) is 34.2 Å². The third-order valence-corrected chi connectivity index (χ3v) is 3.67. The van der Waals surface area contributed by atoms with E-state index in [2.05, 4.69) is 4.98 Å². The van der Waals surface area contributed by atoms with Crippen LogP contribution in [0.3, 0.4) is 0 Å². The van der Waals surface area contributed by atoms with E-state index < -0.39 is 5.97 Å². The van der Waals surface area contributed by atoms with Crippen LogP contribution in [-0.4, -0.2) is 46.5 Å². The van der Waals surface area contributed by atoms with Crippen molar-refractivity contribution in [3.63, 3.8) is 0 Å². The summed E-state index contributed by atoms with van der Waals surface area (Å²) < 4.78 is 6.01. The number of thiophene rings is 1. The molecule has 0 saturated heterocycles. The van der Waals surface area contributed by atoms with Gasteiger partial charge in [0.15, 0.2) is 0 Å². The van der Waals surface area contributed by atoms with E-state index >= 15 is 0 Å². The minimum atomic E-state index is -0.480. The number of carbonyl (C=O) groups excluding carboxylic acids is 2. The van der Waals surface area contributed by atoms with Gasteiger partial charge in [-0.25, -0.2) is 4.98 Å². The molecular formula is C13H15N3O4S. The second-order valence-electron chi connectivity index (χ2n) is 4.37. The minimum absolute atomic E-state index is 0.143. The number of rotatable bonds is 5. The highest BCUT2D eigenvalue weighted by Gasteiger charge is 2.15. The van der Waals surface area contributed by atoms with Crippen molar-refractivity contribution in [2.75, 3.05) is 20.2 Å². The van der Waals surface area contributed by atoms with Crippen LogP contribution in [0.5, 0.6) is 0 Å². The van der Waals surface area contributed by atoms with Gasteiger partial charge in [0.05, 0.1) is 18.3 Å². The Morgan fingerprint density at radius 3 is 2.95 bits per heavy atom. The van der Waals surface area contributed by atoms with E-state index in [0.29, 0.717) is 10.2 Å². The summed E-state index contributed by atoms with van der Waals surface area (Å²) in [7, 11) is 1.49. The fourth-order valence-corrected chi connectivity index (χ4v) is 2.48. The number of amides is 1. The summed E-state index contributed by atoms with van der Waals surface area (Å²) in [5.74, 6) is -0.839. The molecule has 0 saturated carbocycles. The molecular weight excluding hydrogens is 294 g/mol. The molecule has 8 heteroatoms. The van der Waals surface area contributed by atoms with Crippen molar-refractivity contribution in [1.29, 1.82) is 0 Å². The van der Waals surface area contributed by atoms with Crippen LogP contribution in [-0.2, 0) is 20.9 Å². The van der Waals surface area contributed by atoms with Crippen LogP contribution in [0.4, 0.5) is 0 Å². The monoisotopic (exact) mass is 309 g/mol. The van der Waals surface area contributed by atoms with Gasteiger partial charge in [-0.3, -0.25) is 19.0 Å². The molecule has 112 valence electrons. The molecule has 2 aromatic heterocycles. The Balaban J connectivity index is 2.09. The number of hydrogen-bond donors (Lipinski definition) is 0. The number of hydrogen-bond acceptors (Lipinski definition) is 6. The van der Waals surface area contributed by atoms with Gasteiger partial charge in [0.2, 0.25) is 5.91 Å². The highest BCUT2D eigenvalue weighted by Crippen LogP contribution is 2.13. The van der Waals surface area contributed by atoms with Crippen molar-refractivity contribution in [2.45, 2.75) is 13.5 Å². The predicted octanol–water partition coefficient (Wildman–Crippen LogP) is 0.479. The van der Waals surface area contributed by atoms with Crippen molar-refractivity contribution in [1.82, 2.24) is 14.5 Å². The van der Waals surface area contributed by atoms with Crippen LogP contribution < -0.4 is 5.56 Å². The summed E-state index contributed by atoms with van der Waals surface area (Å²) >= 11 is 1.37. The van der Waals surface area contributed by atoms with Crippen LogP contribution >= 0.6 is 11.3 Å². The van der Waals surface area contributed by atoms with Crippen LogP contribution in [0.25, 0.3) is 10.2 Å². The van der Waals surface area contributed by atoms with Crippen LogP contribution in [0.15, 0.2) is 22.6 Å². The van der Waals surface area contributed by atoms with Crippen LogP contribution in [0, 0.1) is 0 Å². The third-order valence-electron chi connectivity index (χ3n) is 2.85. The molecule has 0 atom stereocenters. The highest BCUT2D eigenvalue weighted by molar-refractivity contribution is 7.16. The predicted molar refractivity (Wildman–Crippen MR) is 78.2 cm³/mol. The second kappa shape index (κ2) is 6.49. The van der Waals surface area contributed by atoms with Crippen molar-refractivity contribution in [2.24, 2.45) is 0 Å². The van der Waals surface area contributed by atoms with Gasteiger partial charge < -0.3 is 9.64 Å². The lowest BCUT2D eigenvalue weighted by molar-refractivity contribution is -0.148. The van der Waals surface area contributed by atoms with Crippen molar-refractivity contribution < 1.29 is 14.3 Å². The van der Waals surface area contributed by atoms with E-state index in [1.807, 2.05) is 0 Å². The lowest BCUT2D eigenvalue weighted by Gasteiger charge is -2.16. The Morgan fingerprint density at radius 1 is 1.48 bits per heavy atom. The number of ether oxygens (including phenoxy) is 1.